The standard InChI is InChI=1S/C24H29N3O4/c1-13(2)12-24(22(30)31)18-17(20(28)27(21(18)29)23(3,4)5)19(26-24)16-11-10-14-8-6-7-9-15(14)25-16/h6-11,13,17-19,26H,12H2,1-5H3,(H,30,31). The van der Waals surface area contributed by atoms with E-state index in [0.29, 0.717) is 5.69 Å². The fourth-order valence-corrected chi connectivity index (χ4v) is 5.29. The number of amides is 2. The molecule has 0 saturated carbocycles. The van der Waals surface area contributed by atoms with Gasteiger partial charge in [0.05, 0.1) is 29.1 Å². The molecule has 1 aromatic heterocycles. The Labute approximate surface area is 181 Å². The van der Waals surface area contributed by atoms with E-state index < -0.39 is 40.8 Å². The molecule has 164 valence electrons. The highest BCUT2D eigenvalue weighted by atomic mass is 16.4. The van der Waals surface area contributed by atoms with Gasteiger partial charge in [0, 0.05) is 10.9 Å². The summed E-state index contributed by atoms with van der Waals surface area (Å²) >= 11 is 0. The summed E-state index contributed by atoms with van der Waals surface area (Å²) in [4.78, 5) is 45.7. The van der Waals surface area contributed by atoms with E-state index in [1.807, 2.05) is 50.2 Å². The lowest BCUT2D eigenvalue weighted by atomic mass is 9.75. The Morgan fingerprint density at radius 3 is 2.45 bits per heavy atom. The predicted molar refractivity (Wildman–Crippen MR) is 116 cm³/mol. The maximum absolute atomic E-state index is 13.5. The Hall–Kier alpha value is -2.80. The highest BCUT2D eigenvalue weighted by Crippen LogP contribution is 2.52. The van der Waals surface area contributed by atoms with Crippen molar-refractivity contribution < 1.29 is 19.5 Å². The topological polar surface area (TPSA) is 99.6 Å². The summed E-state index contributed by atoms with van der Waals surface area (Å²) in [6, 6.07) is 10.7. The highest BCUT2D eigenvalue weighted by molar-refractivity contribution is 6.10. The van der Waals surface area contributed by atoms with E-state index >= 15 is 0 Å². The van der Waals surface area contributed by atoms with E-state index in [1.54, 1.807) is 20.8 Å². The Morgan fingerprint density at radius 2 is 1.84 bits per heavy atom. The van der Waals surface area contributed by atoms with Gasteiger partial charge < -0.3 is 5.11 Å². The van der Waals surface area contributed by atoms with Crippen LogP contribution >= 0.6 is 0 Å². The van der Waals surface area contributed by atoms with Crippen molar-refractivity contribution in [2.75, 3.05) is 0 Å². The SMILES string of the molecule is CC(C)CC1(C(=O)O)NC(c2ccc3ccccc3n2)C2C(=O)N(C(C)(C)C)C(=O)C21. The zero-order valence-corrected chi connectivity index (χ0v) is 18.5. The number of imide groups is 1. The number of likely N-dealkylation sites (tertiary alicyclic amines) is 1. The molecule has 2 aliphatic rings. The lowest BCUT2D eigenvalue weighted by Gasteiger charge is -2.36. The van der Waals surface area contributed by atoms with E-state index in [9.17, 15) is 19.5 Å². The van der Waals surface area contributed by atoms with Crippen molar-refractivity contribution in [1.82, 2.24) is 15.2 Å². The average Bonchev–Trinajstić information content (AvgIpc) is 3.15. The second-order valence-electron chi connectivity index (χ2n) is 10.1. The number of fused-ring (bicyclic) bond motifs is 2. The lowest BCUT2D eigenvalue weighted by molar-refractivity contribution is -0.154. The molecule has 31 heavy (non-hydrogen) atoms. The van der Waals surface area contributed by atoms with E-state index in [1.165, 1.54) is 4.90 Å². The van der Waals surface area contributed by atoms with Crippen molar-refractivity contribution in [3.8, 4) is 0 Å². The molecule has 4 atom stereocenters. The van der Waals surface area contributed by atoms with Gasteiger partial charge in [-0.3, -0.25) is 29.6 Å². The average molecular weight is 424 g/mol. The second-order valence-corrected chi connectivity index (χ2v) is 10.1. The fourth-order valence-electron chi connectivity index (χ4n) is 5.29. The van der Waals surface area contributed by atoms with E-state index in [2.05, 4.69) is 5.32 Å². The van der Waals surface area contributed by atoms with Gasteiger partial charge in [-0.25, -0.2) is 0 Å². The van der Waals surface area contributed by atoms with Gasteiger partial charge in [0.15, 0.2) is 0 Å². The molecular formula is C24H29N3O4. The number of nitrogens with one attached hydrogen (secondary N) is 1. The van der Waals surface area contributed by atoms with Gasteiger partial charge >= 0.3 is 5.97 Å². The third kappa shape index (κ3) is 3.22. The van der Waals surface area contributed by atoms with Crippen LogP contribution in [-0.4, -0.2) is 43.9 Å². The monoisotopic (exact) mass is 423 g/mol. The highest BCUT2D eigenvalue weighted by Gasteiger charge is 2.69. The van der Waals surface area contributed by atoms with Gasteiger partial charge in [-0.15, -0.1) is 0 Å². The lowest BCUT2D eigenvalue weighted by Crippen LogP contribution is -2.58. The number of hydrogen-bond donors (Lipinski definition) is 2. The number of hydrogen-bond acceptors (Lipinski definition) is 5. The first kappa shape index (κ1) is 21.4. The van der Waals surface area contributed by atoms with Crippen molar-refractivity contribution in [1.29, 1.82) is 0 Å². The van der Waals surface area contributed by atoms with Crippen molar-refractivity contribution >= 4 is 28.7 Å². The normalized spacial score (nSPS) is 28.6. The molecule has 2 amide bonds. The van der Waals surface area contributed by atoms with Crippen LogP contribution in [0.4, 0.5) is 0 Å². The van der Waals surface area contributed by atoms with Crippen LogP contribution in [0.5, 0.6) is 0 Å². The molecule has 4 unspecified atom stereocenters. The molecule has 7 heteroatoms. The number of rotatable bonds is 4. The van der Waals surface area contributed by atoms with E-state index in [4.69, 9.17) is 4.98 Å². The summed E-state index contributed by atoms with van der Waals surface area (Å²) in [5.74, 6) is -3.62. The van der Waals surface area contributed by atoms with Crippen LogP contribution in [0.15, 0.2) is 36.4 Å². The van der Waals surface area contributed by atoms with Gasteiger partial charge in [0.2, 0.25) is 11.8 Å². The van der Waals surface area contributed by atoms with E-state index in [-0.39, 0.29) is 18.2 Å². The number of carbonyl (C=O) groups excluding carboxylic acids is 2. The Morgan fingerprint density at radius 1 is 1.16 bits per heavy atom. The zero-order chi connectivity index (χ0) is 22.7. The third-order valence-electron chi connectivity index (χ3n) is 6.38. The molecule has 2 aromatic rings. The summed E-state index contributed by atoms with van der Waals surface area (Å²) in [7, 11) is 0. The first-order chi connectivity index (χ1) is 14.5. The van der Waals surface area contributed by atoms with Crippen molar-refractivity contribution in [3.05, 3.63) is 42.1 Å². The molecule has 2 saturated heterocycles. The van der Waals surface area contributed by atoms with Crippen LogP contribution in [0.2, 0.25) is 0 Å². The molecule has 0 bridgehead atoms. The second kappa shape index (κ2) is 7.12. The smallest absolute Gasteiger partial charge is 0.324 e. The quantitative estimate of drug-likeness (QED) is 0.733. The van der Waals surface area contributed by atoms with Crippen LogP contribution in [-0.2, 0) is 14.4 Å². The van der Waals surface area contributed by atoms with Gasteiger partial charge in [-0.1, -0.05) is 38.1 Å². The number of benzene rings is 1. The first-order valence-electron chi connectivity index (χ1n) is 10.7. The maximum Gasteiger partial charge on any atom is 0.324 e. The fraction of sp³-hybridized carbons (Fsp3) is 0.500. The molecular weight excluding hydrogens is 394 g/mol. The number of nitrogens with zero attached hydrogens (tertiary/aromatic N) is 2. The summed E-state index contributed by atoms with van der Waals surface area (Å²) < 4.78 is 0. The molecule has 2 N–H and O–H groups in total. The number of carbonyl (C=O) groups is 3. The summed E-state index contributed by atoms with van der Waals surface area (Å²) in [6.07, 6.45) is 0.241. The number of aliphatic carboxylic acids is 1. The summed E-state index contributed by atoms with van der Waals surface area (Å²) in [5.41, 5.74) is -0.914. The summed E-state index contributed by atoms with van der Waals surface area (Å²) in [6.45, 7) is 9.24. The molecule has 7 nitrogen and oxygen atoms in total. The van der Waals surface area contributed by atoms with Gasteiger partial charge in [0.25, 0.3) is 0 Å². The predicted octanol–water partition coefficient (Wildman–Crippen LogP) is 3.15. The van der Waals surface area contributed by atoms with E-state index in [0.717, 1.165) is 10.9 Å². The van der Waals surface area contributed by atoms with Crippen LogP contribution in [0, 0.1) is 17.8 Å². The zero-order valence-electron chi connectivity index (χ0n) is 18.5. The minimum absolute atomic E-state index is 0.0131. The maximum atomic E-state index is 13.5. The van der Waals surface area contributed by atoms with Gasteiger partial charge in [0.1, 0.15) is 5.54 Å². The molecule has 2 aliphatic heterocycles. The molecule has 1 aromatic carbocycles. The molecule has 2 fully saturated rings. The molecule has 0 radical (unpaired) electrons. The third-order valence-corrected chi connectivity index (χ3v) is 6.38. The first-order valence-corrected chi connectivity index (χ1v) is 10.7. The number of aromatic nitrogens is 1. The Kier molecular flexibility index (Phi) is 4.92. The Balaban J connectivity index is 1.89. The number of para-hydroxylation sites is 1. The van der Waals surface area contributed by atoms with Crippen molar-refractivity contribution in [3.63, 3.8) is 0 Å². The number of carboxylic acid groups (broad SMARTS) is 1. The molecule has 3 heterocycles. The minimum Gasteiger partial charge on any atom is -0.480 e. The Bertz CT molecular complexity index is 1070. The summed E-state index contributed by atoms with van der Waals surface area (Å²) in [5, 5.41) is 14.5. The van der Waals surface area contributed by atoms with Gasteiger partial charge in [-0.05, 0) is 45.2 Å². The number of pyridine rings is 1. The molecule has 4 rings (SSSR count). The van der Waals surface area contributed by atoms with Crippen LogP contribution in [0.25, 0.3) is 10.9 Å². The largest absolute Gasteiger partial charge is 0.480 e. The van der Waals surface area contributed by atoms with Crippen LogP contribution in [0.3, 0.4) is 0 Å². The molecule has 0 spiro atoms. The van der Waals surface area contributed by atoms with Crippen molar-refractivity contribution in [2.24, 2.45) is 17.8 Å². The number of carboxylic acids is 1. The van der Waals surface area contributed by atoms with Gasteiger partial charge in [-0.2, -0.15) is 0 Å². The van der Waals surface area contributed by atoms with Crippen LogP contribution < -0.4 is 5.32 Å². The molecule has 0 aliphatic carbocycles. The van der Waals surface area contributed by atoms with Crippen LogP contribution in [0.1, 0.15) is 52.8 Å². The minimum atomic E-state index is -1.52. The van der Waals surface area contributed by atoms with Crippen molar-refractivity contribution in [2.45, 2.75) is 58.2 Å².